The van der Waals surface area contributed by atoms with E-state index in [1.54, 1.807) is 24.3 Å². The summed E-state index contributed by atoms with van der Waals surface area (Å²) in [5.41, 5.74) is 3.25. The molecule has 0 radical (unpaired) electrons. The molecule has 212 valence electrons. The fraction of sp³-hybridized carbons (Fsp3) is 0.152. The Kier molecular flexibility index (Phi) is 6.32. The number of nitrogens with zero attached hydrogens (tertiary/aromatic N) is 3. The van der Waals surface area contributed by atoms with Crippen LogP contribution in [0, 0.1) is 22.0 Å². The van der Waals surface area contributed by atoms with Gasteiger partial charge in [-0.3, -0.25) is 29.3 Å². The molecule has 0 aromatic heterocycles. The van der Waals surface area contributed by atoms with Gasteiger partial charge in [0.2, 0.25) is 0 Å². The van der Waals surface area contributed by atoms with E-state index < -0.39 is 64.3 Å². The molecule has 1 saturated heterocycles. The van der Waals surface area contributed by atoms with E-state index in [9.17, 15) is 29.3 Å². The smallest absolute Gasteiger partial charge is 0.282 e. The third-order valence-electron chi connectivity index (χ3n) is 8.69. The SMILES string of the molecule is O=C(CN(C(=O)c1ccccc1[N+](=O)[O-])N1C(=O)[C@H]2C3c4ccccc4C(c4ccccc43)[C@@H]2C1=O)c1ccc(Br)cc1. The lowest BCUT2D eigenvalue weighted by Gasteiger charge is -2.45. The Morgan fingerprint density at radius 3 is 1.70 bits per heavy atom. The highest BCUT2D eigenvalue weighted by molar-refractivity contribution is 9.10. The topological polar surface area (TPSA) is 118 Å². The third kappa shape index (κ3) is 4.04. The Labute approximate surface area is 254 Å². The van der Waals surface area contributed by atoms with Crippen LogP contribution in [0.2, 0.25) is 0 Å². The largest absolute Gasteiger partial charge is 0.292 e. The van der Waals surface area contributed by atoms with E-state index in [1.807, 2.05) is 48.5 Å². The van der Waals surface area contributed by atoms with Gasteiger partial charge < -0.3 is 0 Å². The van der Waals surface area contributed by atoms with Gasteiger partial charge in [0.05, 0.1) is 16.8 Å². The fourth-order valence-corrected chi connectivity index (χ4v) is 7.21. The summed E-state index contributed by atoms with van der Waals surface area (Å²) in [7, 11) is 0. The summed E-state index contributed by atoms with van der Waals surface area (Å²) in [6.07, 6.45) is 0. The molecule has 1 heterocycles. The predicted octanol–water partition coefficient (Wildman–Crippen LogP) is 5.49. The molecule has 3 amide bonds. The van der Waals surface area contributed by atoms with E-state index in [0.717, 1.165) is 36.7 Å². The number of carbonyl (C=O) groups excluding carboxylic acids is 4. The minimum absolute atomic E-state index is 0.250. The van der Waals surface area contributed by atoms with E-state index in [-0.39, 0.29) is 11.1 Å². The van der Waals surface area contributed by atoms with Crippen LogP contribution in [0.3, 0.4) is 0 Å². The maximum atomic E-state index is 14.4. The number of hydrogen-bond donors (Lipinski definition) is 0. The molecule has 2 bridgehead atoms. The van der Waals surface area contributed by atoms with Gasteiger partial charge in [-0.1, -0.05) is 88.7 Å². The Balaban J connectivity index is 1.35. The van der Waals surface area contributed by atoms with Crippen LogP contribution in [-0.2, 0) is 9.59 Å². The summed E-state index contributed by atoms with van der Waals surface area (Å²) in [5.74, 6) is -5.18. The number of Topliss-reactive ketones (excluding diaryl/α,β-unsaturated/α-hetero) is 1. The molecule has 43 heavy (non-hydrogen) atoms. The van der Waals surface area contributed by atoms with E-state index in [2.05, 4.69) is 15.9 Å². The van der Waals surface area contributed by atoms with E-state index in [1.165, 1.54) is 24.3 Å². The number of benzene rings is 4. The number of para-hydroxylation sites is 1. The second kappa shape index (κ2) is 10.1. The molecule has 9 nitrogen and oxygen atoms in total. The van der Waals surface area contributed by atoms with Crippen LogP contribution in [0.25, 0.3) is 0 Å². The number of halogens is 1. The average Bonchev–Trinajstić information content (AvgIpc) is 3.29. The highest BCUT2D eigenvalue weighted by Gasteiger charge is 2.63. The Hall–Kier alpha value is -4.96. The van der Waals surface area contributed by atoms with Crippen LogP contribution in [0.4, 0.5) is 5.69 Å². The molecule has 0 unspecified atom stereocenters. The molecule has 8 rings (SSSR count). The average molecular weight is 636 g/mol. The lowest BCUT2D eigenvalue weighted by Crippen LogP contribution is -2.52. The van der Waals surface area contributed by atoms with Crippen molar-refractivity contribution in [3.63, 3.8) is 0 Å². The molecule has 3 aliphatic carbocycles. The first-order chi connectivity index (χ1) is 20.8. The van der Waals surface area contributed by atoms with E-state index in [0.29, 0.717) is 0 Å². The highest BCUT2D eigenvalue weighted by atomic mass is 79.9. The van der Waals surface area contributed by atoms with Crippen LogP contribution in [0.1, 0.15) is 54.8 Å². The van der Waals surface area contributed by atoms with E-state index >= 15 is 0 Å². The lowest BCUT2D eigenvalue weighted by molar-refractivity contribution is -0.385. The van der Waals surface area contributed by atoms with Crippen molar-refractivity contribution in [3.8, 4) is 0 Å². The third-order valence-corrected chi connectivity index (χ3v) is 9.22. The fourth-order valence-electron chi connectivity index (χ4n) is 6.95. The van der Waals surface area contributed by atoms with Gasteiger partial charge in [-0.2, -0.15) is 5.01 Å². The van der Waals surface area contributed by atoms with Crippen molar-refractivity contribution >= 4 is 45.1 Å². The number of hydrazine groups is 1. The maximum absolute atomic E-state index is 14.4. The number of rotatable bonds is 6. The first-order valence-corrected chi connectivity index (χ1v) is 14.5. The van der Waals surface area contributed by atoms with Crippen molar-refractivity contribution in [2.24, 2.45) is 11.8 Å². The van der Waals surface area contributed by atoms with Crippen molar-refractivity contribution in [3.05, 3.63) is 145 Å². The van der Waals surface area contributed by atoms with Crippen LogP contribution < -0.4 is 0 Å². The monoisotopic (exact) mass is 635 g/mol. The molecule has 4 aromatic rings. The summed E-state index contributed by atoms with van der Waals surface area (Å²) in [5, 5.41) is 13.4. The number of imide groups is 1. The number of amides is 3. The molecule has 2 atom stereocenters. The van der Waals surface area contributed by atoms with Gasteiger partial charge in [0.25, 0.3) is 23.4 Å². The lowest BCUT2D eigenvalue weighted by atomic mass is 9.55. The Morgan fingerprint density at radius 2 is 1.21 bits per heavy atom. The summed E-state index contributed by atoms with van der Waals surface area (Å²) >= 11 is 3.33. The molecule has 0 spiro atoms. The van der Waals surface area contributed by atoms with Crippen molar-refractivity contribution in [1.29, 1.82) is 0 Å². The minimum atomic E-state index is -0.986. The van der Waals surface area contributed by atoms with Crippen LogP contribution >= 0.6 is 15.9 Å². The zero-order valence-electron chi connectivity index (χ0n) is 22.4. The van der Waals surface area contributed by atoms with Crippen LogP contribution in [0.15, 0.2) is 102 Å². The van der Waals surface area contributed by atoms with E-state index in [4.69, 9.17) is 0 Å². The number of nitro groups is 1. The first-order valence-electron chi connectivity index (χ1n) is 13.7. The first kappa shape index (κ1) is 26.9. The van der Waals surface area contributed by atoms with Gasteiger partial charge in [-0.15, -0.1) is 0 Å². The summed E-state index contributed by atoms with van der Waals surface area (Å²) in [4.78, 5) is 67.5. The molecule has 4 aromatic carbocycles. The van der Waals surface area contributed by atoms with Gasteiger partial charge in [-0.25, -0.2) is 5.01 Å². The second-order valence-electron chi connectivity index (χ2n) is 10.8. The van der Waals surface area contributed by atoms with Gasteiger partial charge in [0.1, 0.15) is 12.1 Å². The minimum Gasteiger partial charge on any atom is -0.292 e. The number of hydrogen-bond acceptors (Lipinski definition) is 6. The summed E-state index contributed by atoms with van der Waals surface area (Å²) in [6, 6.07) is 27.2. The van der Waals surface area contributed by atoms with Gasteiger partial charge >= 0.3 is 0 Å². The molecule has 1 fully saturated rings. The highest BCUT2D eigenvalue weighted by Crippen LogP contribution is 2.61. The number of nitro benzene ring substituents is 1. The molecule has 10 heteroatoms. The number of ketones is 1. The van der Waals surface area contributed by atoms with Crippen molar-refractivity contribution in [2.45, 2.75) is 11.8 Å². The van der Waals surface area contributed by atoms with Gasteiger partial charge in [-0.05, 0) is 40.5 Å². The quantitative estimate of drug-likeness (QED) is 0.120. The standard InChI is InChI=1S/C33H22BrN3O6/c34-19-15-13-18(14-16-19)26(38)17-35(31(39)24-11-5-6-12-25(24)37(42)43)36-32(40)29-27-20-7-1-2-8-21(20)28(30(29)33(36)41)23-10-4-3-9-22(23)27/h1-16,27-30H,17H2/t27?,28?,29-,30-/m0/s1. The van der Waals surface area contributed by atoms with Crippen LogP contribution in [-0.4, -0.2) is 45.0 Å². The Morgan fingerprint density at radius 1 is 0.744 bits per heavy atom. The second-order valence-corrected chi connectivity index (χ2v) is 11.7. The maximum Gasteiger partial charge on any atom is 0.282 e. The zero-order chi connectivity index (χ0) is 30.0. The predicted molar refractivity (Wildman–Crippen MR) is 158 cm³/mol. The van der Waals surface area contributed by atoms with Crippen molar-refractivity contribution < 1.29 is 24.1 Å². The van der Waals surface area contributed by atoms with Crippen molar-refractivity contribution in [2.75, 3.05) is 6.54 Å². The van der Waals surface area contributed by atoms with Crippen LogP contribution in [0.5, 0.6) is 0 Å². The van der Waals surface area contributed by atoms with Crippen molar-refractivity contribution in [1.82, 2.24) is 10.0 Å². The molecular weight excluding hydrogens is 614 g/mol. The van der Waals surface area contributed by atoms with Gasteiger partial charge in [0, 0.05) is 27.9 Å². The molecule has 1 aliphatic heterocycles. The normalized spacial score (nSPS) is 21.2. The Bertz CT molecular complexity index is 1760. The molecule has 0 saturated carbocycles. The summed E-state index contributed by atoms with van der Waals surface area (Å²) < 4.78 is 0.737. The molecule has 0 N–H and O–H groups in total. The molecule has 4 aliphatic rings. The van der Waals surface area contributed by atoms with Gasteiger partial charge in [0.15, 0.2) is 5.78 Å². The number of carbonyl (C=O) groups is 4. The zero-order valence-corrected chi connectivity index (χ0v) is 24.0. The molecular formula is C33H22BrN3O6. The summed E-state index contributed by atoms with van der Waals surface area (Å²) in [6.45, 7) is -0.668.